The lowest BCUT2D eigenvalue weighted by Crippen LogP contribution is -2.33. The van der Waals surface area contributed by atoms with Crippen LogP contribution in [0, 0.1) is 6.92 Å². The van der Waals surface area contributed by atoms with Gasteiger partial charge in [0, 0.05) is 12.8 Å². The molecule has 2 fully saturated rings. The molecule has 4 rings (SSSR count). The normalized spacial score (nSPS) is 20.3. The van der Waals surface area contributed by atoms with Gasteiger partial charge in [-0.1, -0.05) is 78.3 Å². The zero-order valence-electron chi connectivity index (χ0n) is 24.3. The van der Waals surface area contributed by atoms with Gasteiger partial charge in [-0.3, -0.25) is 0 Å². The quantitative estimate of drug-likeness (QED) is 0.345. The molecule has 1 aliphatic heterocycles. The number of rotatable bonds is 9. The SMILES string of the molecule is CC.CC.CCC.Cc1ccc([C@H]2CC(O)CC(CO)O2)cc1Cc1ccc(OCCOC2CC2)cc1. The molecule has 0 spiro atoms. The zero-order valence-corrected chi connectivity index (χ0v) is 24.3. The lowest BCUT2D eigenvalue weighted by molar-refractivity contribution is -0.113. The molecule has 2 aliphatic rings. The third-order valence-corrected chi connectivity index (χ3v) is 5.87. The number of aliphatic hydroxyl groups is 2. The smallest absolute Gasteiger partial charge is 0.119 e. The third-order valence-electron chi connectivity index (χ3n) is 5.87. The molecule has 5 nitrogen and oxygen atoms in total. The summed E-state index contributed by atoms with van der Waals surface area (Å²) in [4.78, 5) is 0. The Balaban J connectivity index is 0.000000894. The van der Waals surface area contributed by atoms with Crippen molar-refractivity contribution in [2.75, 3.05) is 19.8 Å². The molecule has 2 unspecified atom stereocenters. The summed E-state index contributed by atoms with van der Waals surface area (Å²) in [6.07, 6.45) is 5.05. The maximum atomic E-state index is 10.1. The largest absolute Gasteiger partial charge is 0.491 e. The van der Waals surface area contributed by atoms with E-state index in [1.54, 1.807) is 0 Å². The van der Waals surface area contributed by atoms with Crippen LogP contribution in [0.15, 0.2) is 42.5 Å². The molecule has 5 heteroatoms. The Hall–Kier alpha value is -1.92. The van der Waals surface area contributed by atoms with Crippen LogP contribution in [0.1, 0.15) is 102 Å². The fraction of sp³-hybridized carbons (Fsp3) is 0.625. The van der Waals surface area contributed by atoms with Gasteiger partial charge in [0.1, 0.15) is 12.4 Å². The molecule has 1 saturated carbocycles. The second-order valence-electron chi connectivity index (χ2n) is 9.19. The van der Waals surface area contributed by atoms with E-state index in [-0.39, 0.29) is 18.8 Å². The predicted molar refractivity (Wildman–Crippen MR) is 153 cm³/mol. The number of hydrogen-bond donors (Lipinski definition) is 2. The Labute approximate surface area is 226 Å². The second-order valence-corrected chi connectivity index (χ2v) is 9.19. The van der Waals surface area contributed by atoms with Crippen LogP contribution in [0.2, 0.25) is 0 Å². The maximum Gasteiger partial charge on any atom is 0.119 e. The van der Waals surface area contributed by atoms with Gasteiger partial charge >= 0.3 is 0 Å². The molecule has 1 saturated heterocycles. The van der Waals surface area contributed by atoms with Gasteiger partial charge in [-0.25, -0.2) is 0 Å². The number of aryl methyl sites for hydroxylation is 1. The Morgan fingerprint density at radius 2 is 1.57 bits per heavy atom. The first-order valence-electron chi connectivity index (χ1n) is 14.4. The van der Waals surface area contributed by atoms with Gasteiger partial charge in [0.25, 0.3) is 0 Å². The Morgan fingerprint density at radius 1 is 0.919 bits per heavy atom. The molecule has 2 N–H and O–H groups in total. The van der Waals surface area contributed by atoms with Crippen LogP contribution >= 0.6 is 0 Å². The summed E-state index contributed by atoms with van der Waals surface area (Å²) in [6.45, 7) is 15.5. The van der Waals surface area contributed by atoms with Crippen molar-refractivity contribution in [1.29, 1.82) is 0 Å². The van der Waals surface area contributed by atoms with Crippen LogP contribution in [0.5, 0.6) is 5.75 Å². The zero-order chi connectivity index (χ0) is 27.6. The topological polar surface area (TPSA) is 68.2 Å². The molecule has 0 radical (unpaired) electrons. The highest BCUT2D eigenvalue weighted by molar-refractivity contribution is 5.38. The molecule has 2 aromatic rings. The first kappa shape index (κ1) is 33.1. The summed E-state index contributed by atoms with van der Waals surface area (Å²) in [5.41, 5.74) is 4.74. The van der Waals surface area contributed by atoms with Crippen LogP contribution in [-0.4, -0.2) is 48.3 Å². The van der Waals surface area contributed by atoms with Gasteiger partial charge in [-0.05, 0) is 60.6 Å². The van der Waals surface area contributed by atoms with Gasteiger partial charge < -0.3 is 24.4 Å². The lowest BCUT2D eigenvalue weighted by atomic mass is 9.92. The van der Waals surface area contributed by atoms with Gasteiger partial charge in [0.2, 0.25) is 0 Å². The molecule has 0 aromatic heterocycles. The average molecular weight is 517 g/mol. The summed E-state index contributed by atoms with van der Waals surface area (Å²) >= 11 is 0. The van der Waals surface area contributed by atoms with Crippen molar-refractivity contribution in [2.24, 2.45) is 0 Å². The van der Waals surface area contributed by atoms with Gasteiger partial charge in [-0.15, -0.1) is 0 Å². The van der Waals surface area contributed by atoms with Crippen molar-refractivity contribution in [3.63, 3.8) is 0 Å². The first-order chi connectivity index (χ1) is 18.0. The molecule has 37 heavy (non-hydrogen) atoms. The summed E-state index contributed by atoms with van der Waals surface area (Å²) in [5, 5.41) is 19.6. The van der Waals surface area contributed by atoms with Crippen LogP contribution in [0.4, 0.5) is 0 Å². The van der Waals surface area contributed by atoms with E-state index in [2.05, 4.69) is 51.1 Å². The Kier molecular flexibility index (Phi) is 17.2. The summed E-state index contributed by atoms with van der Waals surface area (Å²) in [6, 6.07) is 14.6. The van der Waals surface area contributed by atoms with Gasteiger partial charge in [0.15, 0.2) is 0 Å². The van der Waals surface area contributed by atoms with Gasteiger partial charge in [-0.2, -0.15) is 0 Å². The fourth-order valence-corrected chi connectivity index (χ4v) is 3.94. The van der Waals surface area contributed by atoms with E-state index in [0.717, 1.165) is 17.7 Å². The van der Waals surface area contributed by atoms with Crippen LogP contribution in [-0.2, 0) is 15.9 Å². The van der Waals surface area contributed by atoms with Crippen molar-refractivity contribution in [1.82, 2.24) is 0 Å². The summed E-state index contributed by atoms with van der Waals surface area (Å²) in [7, 11) is 0. The number of benzene rings is 2. The minimum Gasteiger partial charge on any atom is -0.491 e. The molecule has 0 amide bonds. The molecule has 2 aromatic carbocycles. The average Bonchev–Trinajstić information content (AvgIpc) is 3.76. The monoisotopic (exact) mass is 516 g/mol. The predicted octanol–water partition coefficient (Wildman–Crippen LogP) is 7.19. The van der Waals surface area contributed by atoms with Crippen LogP contribution in [0.3, 0.4) is 0 Å². The number of hydrogen-bond acceptors (Lipinski definition) is 5. The van der Waals surface area contributed by atoms with E-state index in [1.165, 1.54) is 36.0 Å². The minimum atomic E-state index is -0.437. The number of ether oxygens (including phenoxy) is 3. The third kappa shape index (κ3) is 12.4. The minimum absolute atomic E-state index is 0.0621. The lowest BCUT2D eigenvalue weighted by Gasteiger charge is -2.32. The van der Waals surface area contributed by atoms with E-state index in [1.807, 2.05) is 39.8 Å². The van der Waals surface area contributed by atoms with Crippen LogP contribution < -0.4 is 4.74 Å². The van der Waals surface area contributed by atoms with Gasteiger partial charge in [0.05, 0.1) is 37.6 Å². The Morgan fingerprint density at radius 3 is 2.16 bits per heavy atom. The maximum absolute atomic E-state index is 10.1. The molecular weight excluding hydrogens is 464 g/mol. The van der Waals surface area contributed by atoms with E-state index >= 15 is 0 Å². The van der Waals surface area contributed by atoms with E-state index < -0.39 is 6.10 Å². The molecule has 210 valence electrons. The highest BCUT2D eigenvalue weighted by Crippen LogP contribution is 2.33. The van der Waals surface area contributed by atoms with E-state index in [0.29, 0.717) is 32.2 Å². The molecule has 1 aliphatic carbocycles. The molecular formula is C32H52O5. The summed E-state index contributed by atoms with van der Waals surface area (Å²) < 4.78 is 17.3. The van der Waals surface area contributed by atoms with Crippen molar-refractivity contribution < 1.29 is 24.4 Å². The van der Waals surface area contributed by atoms with Crippen molar-refractivity contribution in [3.8, 4) is 5.75 Å². The molecule has 1 heterocycles. The molecule has 3 atom stereocenters. The molecule has 0 bridgehead atoms. The van der Waals surface area contributed by atoms with Crippen molar-refractivity contribution in [3.05, 3.63) is 64.7 Å². The van der Waals surface area contributed by atoms with Crippen LogP contribution in [0.25, 0.3) is 0 Å². The summed E-state index contributed by atoms with van der Waals surface area (Å²) in [5.74, 6) is 0.864. The van der Waals surface area contributed by atoms with Crippen molar-refractivity contribution in [2.45, 2.75) is 111 Å². The highest BCUT2D eigenvalue weighted by Gasteiger charge is 2.29. The van der Waals surface area contributed by atoms with E-state index in [9.17, 15) is 10.2 Å². The highest BCUT2D eigenvalue weighted by atomic mass is 16.5. The fourth-order valence-electron chi connectivity index (χ4n) is 3.94. The number of aliphatic hydroxyl groups excluding tert-OH is 2. The van der Waals surface area contributed by atoms with E-state index in [4.69, 9.17) is 14.2 Å². The standard InChI is InChI=1S/C25H32O5.C3H8.2C2H6/c1-17-2-5-19(25-15-21(27)14-24(16-26)30-25)13-20(17)12-18-3-6-22(7-4-18)28-10-11-29-23-8-9-23;1-3-2;2*1-2/h2-7,13,21,23-27H,8-12,14-16H2,1H3;3H2,1-2H3;2*1-2H3/t21?,24?,25-;;;/m1.../s1. The first-order valence-corrected chi connectivity index (χ1v) is 14.4. The Bertz CT molecular complexity index is 832. The second kappa shape index (κ2) is 19.2. The van der Waals surface area contributed by atoms with Crippen molar-refractivity contribution >= 4 is 0 Å².